The maximum absolute atomic E-state index is 12.6. The van der Waals surface area contributed by atoms with Gasteiger partial charge < -0.3 is 5.32 Å². The summed E-state index contributed by atoms with van der Waals surface area (Å²) < 4.78 is 1.84. The minimum Gasteiger partial charge on any atom is -0.347 e. The summed E-state index contributed by atoms with van der Waals surface area (Å²) >= 11 is 0. The average molecular weight is 310 g/mol. The van der Waals surface area contributed by atoms with Gasteiger partial charge in [-0.2, -0.15) is 5.10 Å². The van der Waals surface area contributed by atoms with Crippen LogP contribution in [-0.4, -0.2) is 26.7 Å². The third kappa shape index (κ3) is 2.87. The summed E-state index contributed by atoms with van der Waals surface area (Å²) in [4.78, 5) is 16.9. The fourth-order valence-corrected chi connectivity index (χ4v) is 3.26. The van der Waals surface area contributed by atoms with Crippen LogP contribution in [0.15, 0.2) is 24.5 Å². The van der Waals surface area contributed by atoms with Crippen LogP contribution in [0.2, 0.25) is 0 Å². The van der Waals surface area contributed by atoms with Crippen LogP contribution in [0.3, 0.4) is 0 Å². The van der Waals surface area contributed by atoms with Gasteiger partial charge in [0.2, 0.25) is 0 Å². The number of rotatable bonds is 5. The first-order valence-electron chi connectivity index (χ1n) is 8.39. The van der Waals surface area contributed by atoms with Gasteiger partial charge in [-0.3, -0.25) is 14.5 Å². The molecule has 2 aliphatic carbocycles. The summed E-state index contributed by atoms with van der Waals surface area (Å²) in [6.45, 7) is 2.03. The summed E-state index contributed by atoms with van der Waals surface area (Å²) in [5.41, 5.74) is 3.61. The van der Waals surface area contributed by atoms with Crippen LogP contribution in [-0.2, 0) is 7.05 Å². The molecule has 5 nitrogen and oxygen atoms in total. The van der Waals surface area contributed by atoms with Gasteiger partial charge >= 0.3 is 0 Å². The molecule has 120 valence electrons. The van der Waals surface area contributed by atoms with Crippen molar-refractivity contribution in [3.05, 3.63) is 35.9 Å². The first kappa shape index (κ1) is 14.4. The lowest BCUT2D eigenvalue weighted by molar-refractivity contribution is 0.0921. The molecule has 0 atom stereocenters. The minimum atomic E-state index is -0.0443. The van der Waals surface area contributed by atoms with Gasteiger partial charge in [-0.15, -0.1) is 0 Å². The highest BCUT2D eigenvalue weighted by molar-refractivity contribution is 5.93. The van der Waals surface area contributed by atoms with E-state index in [0.29, 0.717) is 23.6 Å². The molecule has 1 amide bonds. The Bertz CT molecular complexity index is 731. The van der Waals surface area contributed by atoms with Crippen LogP contribution in [0.5, 0.6) is 0 Å². The van der Waals surface area contributed by atoms with E-state index in [4.69, 9.17) is 0 Å². The maximum atomic E-state index is 12.6. The molecule has 2 aliphatic rings. The Hall–Kier alpha value is -2.17. The number of pyridine rings is 1. The molecule has 0 unspecified atom stereocenters. The monoisotopic (exact) mass is 310 g/mol. The lowest BCUT2D eigenvalue weighted by Gasteiger charge is -2.17. The number of aromatic nitrogens is 3. The molecule has 2 fully saturated rings. The molecular weight excluding hydrogens is 288 g/mol. The molecule has 5 heteroatoms. The molecule has 4 rings (SSSR count). The van der Waals surface area contributed by atoms with E-state index in [9.17, 15) is 4.79 Å². The van der Waals surface area contributed by atoms with Crippen molar-refractivity contribution in [2.45, 2.75) is 38.6 Å². The van der Waals surface area contributed by atoms with E-state index in [0.717, 1.165) is 16.8 Å². The van der Waals surface area contributed by atoms with E-state index in [1.165, 1.54) is 25.7 Å². The Morgan fingerprint density at radius 2 is 2.00 bits per heavy atom. The molecule has 0 aromatic carbocycles. The number of aryl methyl sites for hydroxylation is 1. The first-order valence-corrected chi connectivity index (χ1v) is 8.39. The van der Waals surface area contributed by atoms with Gasteiger partial charge in [0.25, 0.3) is 5.91 Å². The highest BCUT2D eigenvalue weighted by Crippen LogP contribution is 2.44. The number of hydrogen-bond acceptors (Lipinski definition) is 3. The Morgan fingerprint density at radius 3 is 2.57 bits per heavy atom. The molecule has 2 aromatic rings. The van der Waals surface area contributed by atoms with Crippen LogP contribution in [0.25, 0.3) is 11.1 Å². The van der Waals surface area contributed by atoms with Gasteiger partial charge in [0.05, 0.1) is 6.20 Å². The molecule has 2 aromatic heterocycles. The minimum absolute atomic E-state index is 0.0443. The molecule has 0 spiro atoms. The van der Waals surface area contributed by atoms with Crippen LogP contribution < -0.4 is 5.32 Å². The predicted octanol–water partition coefficient (Wildman–Crippen LogP) is 2.71. The molecule has 0 saturated heterocycles. The number of hydrogen-bond donors (Lipinski definition) is 1. The fraction of sp³-hybridized carbons (Fsp3) is 0.500. The lowest BCUT2D eigenvalue weighted by atomic mass is 10.1. The SMILES string of the molecule is Cc1c(-c2ccnc(C(=O)NC(C3CC3)C3CC3)c2)cnn1C. The van der Waals surface area contributed by atoms with Crippen molar-refractivity contribution in [3.8, 4) is 11.1 Å². The van der Waals surface area contributed by atoms with E-state index < -0.39 is 0 Å². The Balaban J connectivity index is 1.55. The summed E-state index contributed by atoms with van der Waals surface area (Å²) in [7, 11) is 1.92. The van der Waals surface area contributed by atoms with E-state index in [-0.39, 0.29) is 5.91 Å². The van der Waals surface area contributed by atoms with Crippen LogP contribution in [0.1, 0.15) is 41.9 Å². The molecule has 0 aliphatic heterocycles. The zero-order valence-electron chi connectivity index (χ0n) is 13.6. The van der Waals surface area contributed by atoms with Gasteiger partial charge in [-0.05, 0) is 62.1 Å². The smallest absolute Gasteiger partial charge is 0.270 e. The van der Waals surface area contributed by atoms with E-state index in [1.807, 2.05) is 37.0 Å². The topological polar surface area (TPSA) is 59.8 Å². The van der Waals surface area contributed by atoms with Crippen molar-refractivity contribution < 1.29 is 4.79 Å². The van der Waals surface area contributed by atoms with E-state index in [2.05, 4.69) is 15.4 Å². The van der Waals surface area contributed by atoms with Gasteiger partial charge in [0.1, 0.15) is 5.69 Å². The number of carbonyl (C=O) groups is 1. The Kier molecular flexibility index (Phi) is 3.43. The van der Waals surface area contributed by atoms with Crippen molar-refractivity contribution in [1.82, 2.24) is 20.1 Å². The van der Waals surface area contributed by atoms with Crippen molar-refractivity contribution in [1.29, 1.82) is 0 Å². The van der Waals surface area contributed by atoms with Crippen LogP contribution in [0.4, 0.5) is 0 Å². The second kappa shape index (κ2) is 5.48. The molecule has 1 N–H and O–H groups in total. The number of nitrogens with one attached hydrogen (secondary N) is 1. The van der Waals surface area contributed by atoms with Crippen LogP contribution in [0, 0.1) is 18.8 Å². The maximum Gasteiger partial charge on any atom is 0.270 e. The summed E-state index contributed by atoms with van der Waals surface area (Å²) in [5, 5.41) is 7.51. The summed E-state index contributed by atoms with van der Waals surface area (Å²) in [6, 6.07) is 4.16. The van der Waals surface area contributed by atoms with Gasteiger partial charge in [-0.25, -0.2) is 0 Å². The zero-order chi connectivity index (χ0) is 16.0. The standard InChI is InChI=1S/C18H22N4O/c1-11-15(10-20-22(11)2)14-7-8-19-16(9-14)18(23)21-17(12-3-4-12)13-5-6-13/h7-10,12-13,17H,3-6H2,1-2H3,(H,21,23). The van der Waals surface area contributed by atoms with Gasteiger partial charge in [0, 0.05) is 30.5 Å². The molecule has 0 radical (unpaired) electrons. The van der Waals surface area contributed by atoms with E-state index in [1.54, 1.807) is 6.20 Å². The zero-order valence-corrected chi connectivity index (χ0v) is 13.6. The first-order chi connectivity index (χ1) is 11.1. The quantitative estimate of drug-likeness (QED) is 0.923. The fourth-order valence-electron chi connectivity index (χ4n) is 3.26. The molecule has 0 bridgehead atoms. The molecular formula is C18H22N4O. The average Bonchev–Trinajstić information content (AvgIpc) is 3.46. The van der Waals surface area contributed by atoms with Crippen molar-refractivity contribution in [3.63, 3.8) is 0 Å². The number of carbonyl (C=O) groups excluding carboxylic acids is 1. The summed E-state index contributed by atoms with van der Waals surface area (Å²) in [6.07, 6.45) is 8.56. The van der Waals surface area contributed by atoms with Gasteiger partial charge in [0.15, 0.2) is 0 Å². The largest absolute Gasteiger partial charge is 0.347 e. The normalized spacial score (nSPS) is 17.5. The lowest BCUT2D eigenvalue weighted by Crippen LogP contribution is -2.38. The van der Waals surface area contributed by atoms with E-state index >= 15 is 0 Å². The predicted molar refractivity (Wildman–Crippen MR) is 87.9 cm³/mol. The van der Waals surface area contributed by atoms with Gasteiger partial charge in [-0.1, -0.05) is 0 Å². The highest BCUT2D eigenvalue weighted by atomic mass is 16.1. The summed E-state index contributed by atoms with van der Waals surface area (Å²) in [5.74, 6) is 1.34. The van der Waals surface area contributed by atoms with Crippen molar-refractivity contribution >= 4 is 5.91 Å². The molecule has 2 saturated carbocycles. The van der Waals surface area contributed by atoms with Crippen molar-refractivity contribution in [2.75, 3.05) is 0 Å². The van der Waals surface area contributed by atoms with Crippen molar-refractivity contribution in [2.24, 2.45) is 18.9 Å². The molecule has 2 heterocycles. The second-order valence-electron chi connectivity index (χ2n) is 6.87. The Labute approximate surface area is 136 Å². The second-order valence-corrected chi connectivity index (χ2v) is 6.87. The highest BCUT2D eigenvalue weighted by Gasteiger charge is 2.42. The number of amides is 1. The Morgan fingerprint density at radius 1 is 1.30 bits per heavy atom. The third-order valence-corrected chi connectivity index (χ3v) is 5.10. The third-order valence-electron chi connectivity index (χ3n) is 5.10. The number of nitrogens with zero attached hydrogens (tertiary/aromatic N) is 3. The molecule has 23 heavy (non-hydrogen) atoms. The van der Waals surface area contributed by atoms with Crippen LogP contribution >= 0.6 is 0 Å².